The van der Waals surface area contributed by atoms with E-state index >= 15 is 0 Å². The highest BCUT2D eigenvalue weighted by Crippen LogP contribution is 2.34. The minimum Gasteiger partial charge on any atom is -0.496 e. The van der Waals surface area contributed by atoms with Crippen molar-refractivity contribution >= 4 is 0 Å². The fourth-order valence-corrected chi connectivity index (χ4v) is 2.52. The summed E-state index contributed by atoms with van der Waals surface area (Å²) in [5.41, 5.74) is 3.32. The number of aromatic nitrogens is 1. The van der Waals surface area contributed by atoms with Crippen LogP contribution in [-0.2, 0) is 6.42 Å². The lowest BCUT2D eigenvalue weighted by Crippen LogP contribution is -2.09. The van der Waals surface area contributed by atoms with Gasteiger partial charge in [-0.05, 0) is 51.9 Å². The first-order valence-corrected chi connectivity index (χ1v) is 6.80. The van der Waals surface area contributed by atoms with E-state index < -0.39 is 0 Å². The van der Waals surface area contributed by atoms with E-state index in [1.54, 1.807) is 7.11 Å². The van der Waals surface area contributed by atoms with Crippen molar-refractivity contribution in [3.05, 3.63) is 23.0 Å². The highest BCUT2D eigenvalue weighted by Gasteiger charge is 2.29. The van der Waals surface area contributed by atoms with Crippen LogP contribution >= 0.6 is 0 Å². The number of nitrogens with zero attached hydrogens (tertiary/aromatic N) is 1. The number of pyridine rings is 1. The quantitative estimate of drug-likeness (QED) is 0.843. The topological polar surface area (TPSA) is 42.4 Å². The van der Waals surface area contributed by atoms with E-state index in [1.165, 1.54) is 12.8 Å². The van der Waals surface area contributed by atoms with Crippen molar-refractivity contribution in [2.45, 2.75) is 52.1 Å². The summed E-state index contributed by atoms with van der Waals surface area (Å²) in [6, 6.07) is 0. The van der Waals surface area contributed by atoms with Crippen LogP contribution in [0.1, 0.15) is 42.5 Å². The number of aliphatic hydroxyl groups is 1. The number of methoxy groups -OCH3 is 1. The summed E-state index contributed by atoms with van der Waals surface area (Å²) in [4.78, 5) is 4.48. The van der Waals surface area contributed by atoms with Gasteiger partial charge in [-0.3, -0.25) is 4.98 Å². The van der Waals surface area contributed by atoms with Gasteiger partial charge in [0.15, 0.2) is 0 Å². The van der Waals surface area contributed by atoms with E-state index in [9.17, 15) is 5.11 Å². The maximum absolute atomic E-state index is 9.84. The summed E-state index contributed by atoms with van der Waals surface area (Å²) >= 11 is 0. The second kappa shape index (κ2) is 5.70. The van der Waals surface area contributed by atoms with Gasteiger partial charge in [-0.2, -0.15) is 0 Å². The molecule has 0 saturated heterocycles. The lowest BCUT2D eigenvalue weighted by Gasteiger charge is -2.13. The predicted molar refractivity (Wildman–Crippen MR) is 71.9 cm³/mol. The first-order chi connectivity index (χ1) is 8.63. The van der Waals surface area contributed by atoms with Gasteiger partial charge in [-0.1, -0.05) is 0 Å². The Morgan fingerprint density at radius 3 is 2.78 bits per heavy atom. The third kappa shape index (κ3) is 3.02. The van der Waals surface area contributed by atoms with Crippen LogP contribution in [0.2, 0.25) is 0 Å². The van der Waals surface area contributed by atoms with Gasteiger partial charge in [0.2, 0.25) is 0 Å². The molecule has 2 rings (SSSR count). The Hall–Kier alpha value is -1.09. The largest absolute Gasteiger partial charge is 0.496 e. The number of rotatable bonds is 6. The van der Waals surface area contributed by atoms with Crippen molar-refractivity contribution in [2.75, 3.05) is 7.11 Å². The van der Waals surface area contributed by atoms with Gasteiger partial charge in [0, 0.05) is 23.0 Å². The van der Waals surface area contributed by atoms with Crippen LogP contribution < -0.4 is 4.74 Å². The van der Waals surface area contributed by atoms with E-state index in [1.807, 2.05) is 13.1 Å². The maximum Gasteiger partial charge on any atom is 0.128 e. The Morgan fingerprint density at radius 2 is 2.17 bits per heavy atom. The summed E-state index contributed by atoms with van der Waals surface area (Å²) < 4.78 is 5.40. The number of aliphatic hydroxyl groups excluding tert-OH is 1. The number of ether oxygens (including phenoxy) is 1. The Labute approximate surface area is 109 Å². The molecule has 3 heteroatoms. The van der Waals surface area contributed by atoms with Crippen LogP contribution in [0.5, 0.6) is 5.75 Å². The van der Waals surface area contributed by atoms with Crippen LogP contribution in [0.15, 0.2) is 6.20 Å². The van der Waals surface area contributed by atoms with Crippen LogP contribution in [0, 0.1) is 19.8 Å². The second-order valence-electron chi connectivity index (χ2n) is 5.34. The van der Waals surface area contributed by atoms with Gasteiger partial charge in [0.25, 0.3) is 0 Å². The molecule has 1 fully saturated rings. The van der Waals surface area contributed by atoms with Crippen molar-refractivity contribution < 1.29 is 9.84 Å². The molecule has 1 aliphatic carbocycles. The van der Waals surface area contributed by atoms with Gasteiger partial charge in [0.05, 0.1) is 13.2 Å². The lowest BCUT2D eigenvalue weighted by molar-refractivity contribution is 0.139. The van der Waals surface area contributed by atoms with Gasteiger partial charge >= 0.3 is 0 Å². The van der Waals surface area contributed by atoms with Gasteiger partial charge in [-0.15, -0.1) is 0 Å². The Balaban J connectivity index is 1.92. The number of hydrogen-bond donors (Lipinski definition) is 1. The third-order valence-electron chi connectivity index (χ3n) is 3.83. The zero-order valence-corrected chi connectivity index (χ0v) is 11.6. The van der Waals surface area contributed by atoms with Crippen molar-refractivity contribution in [1.82, 2.24) is 4.98 Å². The molecule has 1 heterocycles. The molecule has 1 saturated carbocycles. The smallest absolute Gasteiger partial charge is 0.128 e. The standard InChI is InChI=1S/C15H23NO2/c1-10-9-16-13(11(2)15(10)18-3)5-4-6-14(17)12-7-8-12/h9,12,14,17H,4-8H2,1-3H3. The van der Waals surface area contributed by atoms with Crippen molar-refractivity contribution in [2.24, 2.45) is 5.92 Å². The molecule has 1 aromatic rings. The monoisotopic (exact) mass is 249 g/mol. The molecule has 1 atom stereocenters. The molecule has 1 unspecified atom stereocenters. The van der Waals surface area contributed by atoms with E-state index in [-0.39, 0.29) is 6.10 Å². The van der Waals surface area contributed by atoms with Gasteiger partial charge in [0.1, 0.15) is 5.75 Å². The van der Waals surface area contributed by atoms with Crippen LogP contribution in [0.4, 0.5) is 0 Å². The average Bonchev–Trinajstić information content (AvgIpc) is 3.16. The third-order valence-corrected chi connectivity index (χ3v) is 3.83. The fourth-order valence-electron chi connectivity index (χ4n) is 2.52. The summed E-state index contributed by atoms with van der Waals surface area (Å²) in [5.74, 6) is 1.52. The fraction of sp³-hybridized carbons (Fsp3) is 0.667. The van der Waals surface area contributed by atoms with Crippen LogP contribution in [0.25, 0.3) is 0 Å². The Morgan fingerprint density at radius 1 is 1.44 bits per heavy atom. The van der Waals surface area contributed by atoms with E-state index in [2.05, 4.69) is 11.9 Å². The summed E-state index contributed by atoms with van der Waals surface area (Å²) in [6.07, 6.45) is 7.00. The molecule has 1 N–H and O–H groups in total. The summed E-state index contributed by atoms with van der Waals surface area (Å²) in [6.45, 7) is 4.07. The van der Waals surface area contributed by atoms with Crippen molar-refractivity contribution in [1.29, 1.82) is 0 Å². The van der Waals surface area contributed by atoms with Gasteiger partial charge < -0.3 is 9.84 Å². The first-order valence-electron chi connectivity index (χ1n) is 6.80. The molecular weight excluding hydrogens is 226 g/mol. The van der Waals surface area contributed by atoms with Gasteiger partial charge in [-0.25, -0.2) is 0 Å². The molecule has 0 aromatic carbocycles. The zero-order chi connectivity index (χ0) is 13.1. The molecule has 1 aromatic heterocycles. The normalized spacial score (nSPS) is 16.7. The minimum atomic E-state index is -0.0994. The molecule has 0 bridgehead atoms. The maximum atomic E-state index is 9.84. The molecule has 18 heavy (non-hydrogen) atoms. The molecule has 100 valence electrons. The zero-order valence-electron chi connectivity index (χ0n) is 11.6. The molecule has 0 radical (unpaired) electrons. The lowest BCUT2D eigenvalue weighted by atomic mass is 10.0. The molecule has 1 aliphatic rings. The molecule has 0 spiro atoms. The Bertz CT molecular complexity index is 413. The number of aryl methyl sites for hydroxylation is 2. The van der Waals surface area contributed by atoms with Crippen molar-refractivity contribution in [3.8, 4) is 5.75 Å². The summed E-state index contributed by atoms with van der Waals surface area (Å²) in [5, 5.41) is 9.84. The molecule has 0 aliphatic heterocycles. The highest BCUT2D eigenvalue weighted by atomic mass is 16.5. The summed E-state index contributed by atoms with van der Waals surface area (Å²) in [7, 11) is 1.70. The first kappa shape index (κ1) is 13.3. The minimum absolute atomic E-state index is 0.0994. The molecular formula is C15H23NO2. The highest BCUT2D eigenvalue weighted by molar-refractivity contribution is 5.41. The van der Waals surface area contributed by atoms with Crippen molar-refractivity contribution in [3.63, 3.8) is 0 Å². The predicted octanol–water partition coefficient (Wildman–Crippen LogP) is 2.80. The van der Waals surface area contributed by atoms with Crippen LogP contribution in [0.3, 0.4) is 0 Å². The average molecular weight is 249 g/mol. The molecule has 3 nitrogen and oxygen atoms in total. The van der Waals surface area contributed by atoms with E-state index in [0.717, 1.165) is 41.8 Å². The molecule has 0 amide bonds. The second-order valence-corrected chi connectivity index (χ2v) is 5.34. The number of hydrogen-bond acceptors (Lipinski definition) is 3. The van der Waals surface area contributed by atoms with Crippen LogP contribution in [-0.4, -0.2) is 23.3 Å². The van der Waals surface area contributed by atoms with E-state index in [0.29, 0.717) is 5.92 Å². The Kier molecular flexibility index (Phi) is 4.23. The van der Waals surface area contributed by atoms with E-state index in [4.69, 9.17) is 4.74 Å². The SMILES string of the molecule is COc1c(C)cnc(CCCC(O)C2CC2)c1C.